The fraction of sp³-hybridized carbons (Fsp3) is 0.556. The summed E-state index contributed by atoms with van der Waals surface area (Å²) in [5, 5.41) is 30.8. The van der Waals surface area contributed by atoms with Gasteiger partial charge in [0, 0.05) is 13.1 Å². The number of hydrogen-bond donors (Lipinski definition) is 5. The van der Waals surface area contributed by atoms with E-state index in [2.05, 4.69) is 16.0 Å². The summed E-state index contributed by atoms with van der Waals surface area (Å²) in [5.41, 5.74) is -0.337. The molecule has 5 N–H and O–H groups in total. The maximum absolute atomic E-state index is 13.3. The summed E-state index contributed by atoms with van der Waals surface area (Å²) in [7, 11) is 0. The van der Waals surface area contributed by atoms with Crippen molar-refractivity contribution in [2.75, 3.05) is 19.6 Å². The highest BCUT2D eigenvalue weighted by molar-refractivity contribution is 5.83. The van der Waals surface area contributed by atoms with Crippen molar-refractivity contribution in [1.29, 1.82) is 0 Å². The van der Waals surface area contributed by atoms with Crippen molar-refractivity contribution in [3.8, 4) is 0 Å². The number of nitrogens with one attached hydrogen (secondary N) is 3. The van der Waals surface area contributed by atoms with Crippen molar-refractivity contribution in [2.45, 2.75) is 174 Å². The number of alkyl carbamates (subject to hydrolysis) is 3. The minimum atomic E-state index is -1.17. The molecule has 0 radical (unpaired) electrons. The van der Waals surface area contributed by atoms with E-state index in [0.29, 0.717) is 12.8 Å². The smallest absolute Gasteiger partial charge is 0.408 e. The van der Waals surface area contributed by atoms with Gasteiger partial charge in [-0.05, 0) is 130 Å². The Morgan fingerprint density at radius 3 is 1.03 bits per heavy atom. The van der Waals surface area contributed by atoms with Gasteiger partial charge in [0.15, 0.2) is 0 Å². The lowest BCUT2D eigenvalue weighted by Crippen LogP contribution is -2.46. The second-order valence-corrected chi connectivity index (χ2v) is 20.6. The number of hydrogen-bond acceptors (Lipinski definition) is 15. The van der Waals surface area contributed by atoms with E-state index in [0.717, 1.165) is 16.7 Å². The van der Waals surface area contributed by atoms with E-state index in [4.69, 9.17) is 28.4 Å². The maximum Gasteiger partial charge on any atom is 0.408 e. The average Bonchev–Trinajstić information content (AvgIpc) is 3.29. The van der Waals surface area contributed by atoms with Crippen LogP contribution < -0.4 is 16.0 Å². The number of ether oxygens (including phenoxy) is 6. The topological polar surface area (TPSA) is 238 Å². The predicted molar refractivity (Wildman–Crippen MR) is 269 cm³/mol. The van der Waals surface area contributed by atoms with Gasteiger partial charge in [-0.1, -0.05) is 91.0 Å². The van der Waals surface area contributed by atoms with Gasteiger partial charge in [0.1, 0.15) is 54.7 Å². The standard InChI is InChI=1S/C54H78N4O14/c1-52(2,3)70-46(61)43(55-49(64)67-35-38-21-13-10-14-22-38)27-19-20-32-58(33-41(59)28-30-44(47(62)71-53(4,5)6)56-50(65)68-36-39-23-15-11-16-24-39)34-42(60)29-31-45(48(63)72-54(7,8)9)57-51(66)69-37-40-25-17-12-18-26-40/h10-18,21-26,41-45,59-60H,19-20,27-37H2,1-9H3,(H,55,64)(H,56,65)(H,57,66)/t41?,42?,43-,44-,45-/m0/s1. The SMILES string of the molecule is CC(C)(C)OC(=O)[C@H](CCCCN(CC(O)CC[C@H](NC(=O)OCc1ccccc1)C(=O)OC(C)(C)C)CC(O)CC[C@H](NC(=O)OCc1ccccc1)C(=O)OC(C)(C)C)NC(=O)OCc1ccccc1. The molecule has 0 aliphatic heterocycles. The number of rotatable bonds is 27. The molecular weight excluding hydrogens is 929 g/mol. The molecule has 3 aromatic rings. The molecule has 398 valence electrons. The van der Waals surface area contributed by atoms with E-state index in [1.165, 1.54) is 0 Å². The number of nitrogens with zero attached hydrogens (tertiary/aromatic N) is 1. The van der Waals surface area contributed by atoms with Gasteiger partial charge in [-0.25, -0.2) is 28.8 Å². The van der Waals surface area contributed by atoms with Gasteiger partial charge in [-0.15, -0.1) is 0 Å². The van der Waals surface area contributed by atoms with Crippen molar-refractivity contribution < 1.29 is 67.4 Å². The molecule has 72 heavy (non-hydrogen) atoms. The van der Waals surface area contributed by atoms with Gasteiger partial charge in [0.2, 0.25) is 0 Å². The zero-order chi connectivity index (χ0) is 53.3. The Labute approximate surface area is 424 Å². The first-order chi connectivity index (χ1) is 33.8. The van der Waals surface area contributed by atoms with E-state index >= 15 is 0 Å². The minimum Gasteiger partial charge on any atom is -0.458 e. The van der Waals surface area contributed by atoms with Crippen LogP contribution >= 0.6 is 0 Å². The third kappa shape index (κ3) is 26.8. The van der Waals surface area contributed by atoms with Crippen LogP contribution in [0.4, 0.5) is 14.4 Å². The van der Waals surface area contributed by atoms with E-state index in [9.17, 15) is 39.0 Å². The summed E-state index contributed by atoms with van der Waals surface area (Å²) < 4.78 is 32.9. The van der Waals surface area contributed by atoms with Crippen molar-refractivity contribution in [3.05, 3.63) is 108 Å². The number of aliphatic hydroxyl groups is 2. The summed E-state index contributed by atoms with van der Waals surface area (Å²) in [6.07, 6.45) is -3.71. The van der Waals surface area contributed by atoms with E-state index in [1.54, 1.807) is 128 Å². The molecule has 0 heterocycles. The molecule has 2 unspecified atom stereocenters. The predicted octanol–water partition coefficient (Wildman–Crippen LogP) is 7.65. The number of benzene rings is 3. The molecule has 0 aliphatic rings. The Morgan fingerprint density at radius 2 is 0.736 bits per heavy atom. The molecule has 0 bridgehead atoms. The molecule has 0 aromatic heterocycles. The zero-order valence-electron chi connectivity index (χ0n) is 43.5. The highest BCUT2D eigenvalue weighted by Gasteiger charge is 2.31. The van der Waals surface area contributed by atoms with Gasteiger partial charge in [0.05, 0.1) is 12.2 Å². The molecule has 3 amide bonds. The molecule has 3 aromatic carbocycles. The van der Waals surface area contributed by atoms with Gasteiger partial charge in [-0.3, -0.25) is 4.90 Å². The summed E-state index contributed by atoms with van der Waals surface area (Å²) in [6, 6.07) is 23.7. The highest BCUT2D eigenvalue weighted by Crippen LogP contribution is 2.18. The average molecular weight is 1010 g/mol. The number of amides is 3. The molecule has 0 saturated heterocycles. The van der Waals surface area contributed by atoms with Crippen LogP contribution in [0.25, 0.3) is 0 Å². The Hall–Kier alpha value is -6.24. The number of esters is 3. The Morgan fingerprint density at radius 1 is 0.444 bits per heavy atom. The van der Waals surface area contributed by atoms with E-state index in [-0.39, 0.29) is 71.6 Å². The molecule has 5 atom stereocenters. The minimum absolute atomic E-state index is 0.00430. The third-order valence-corrected chi connectivity index (χ3v) is 10.3. The van der Waals surface area contributed by atoms with Crippen molar-refractivity contribution in [2.24, 2.45) is 0 Å². The first-order valence-corrected chi connectivity index (χ1v) is 24.5. The summed E-state index contributed by atoms with van der Waals surface area (Å²) in [5.74, 6) is -2.07. The fourth-order valence-corrected chi connectivity index (χ4v) is 7.02. The van der Waals surface area contributed by atoms with Crippen LogP contribution in [0, 0.1) is 0 Å². The quantitative estimate of drug-likeness (QED) is 0.0280. The van der Waals surface area contributed by atoms with Crippen LogP contribution in [0.3, 0.4) is 0 Å². The number of aliphatic hydroxyl groups excluding tert-OH is 2. The van der Waals surface area contributed by atoms with Crippen LogP contribution in [0.2, 0.25) is 0 Å². The lowest BCUT2D eigenvalue weighted by molar-refractivity contribution is -0.158. The van der Waals surface area contributed by atoms with Gasteiger partial charge >= 0.3 is 36.2 Å². The fourth-order valence-electron chi connectivity index (χ4n) is 7.02. The number of carbonyl (C=O) groups excluding carboxylic acids is 6. The first kappa shape index (κ1) is 60.1. The molecule has 18 heteroatoms. The second kappa shape index (κ2) is 29.9. The summed E-state index contributed by atoms with van der Waals surface area (Å²) in [4.78, 5) is 80.5. The van der Waals surface area contributed by atoms with Crippen LogP contribution in [0.15, 0.2) is 91.0 Å². The van der Waals surface area contributed by atoms with Crippen LogP contribution in [-0.2, 0) is 62.6 Å². The largest absolute Gasteiger partial charge is 0.458 e. The molecule has 18 nitrogen and oxygen atoms in total. The van der Waals surface area contributed by atoms with Crippen molar-refractivity contribution in [1.82, 2.24) is 20.9 Å². The van der Waals surface area contributed by atoms with Crippen molar-refractivity contribution >= 4 is 36.2 Å². The highest BCUT2D eigenvalue weighted by atomic mass is 16.6. The van der Waals surface area contributed by atoms with Crippen LogP contribution in [0.5, 0.6) is 0 Å². The normalized spacial score (nSPS) is 13.8. The van der Waals surface area contributed by atoms with Gasteiger partial charge < -0.3 is 54.6 Å². The molecule has 0 aliphatic carbocycles. The molecular formula is C54H78N4O14. The molecule has 0 fully saturated rings. The molecule has 0 spiro atoms. The molecule has 0 saturated carbocycles. The van der Waals surface area contributed by atoms with Gasteiger partial charge in [-0.2, -0.15) is 0 Å². The van der Waals surface area contributed by atoms with E-state index in [1.807, 2.05) is 30.3 Å². The van der Waals surface area contributed by atoms with E-state index < -0.39 is 83.3 Å². The lowest BCUT2D eigenvalue weighted by Gasteiger charge is -2.29. The first-order valence-electron chi connectivity index (χ1n) is 24.5. The monoisotopic (exact) mass is 1010 g/mol. The summed E-state index contributed by atoms with van der Waals surface area (Å²) in [6.45, 7) is 15.5. The summed E-state index contributed by atoms with van der Waals surface area (Å²) >= 11 is 0. The zero-order valence-corrected chi connectivity index (χ0v) is 43.5. The third-order valence-electron chi connectivity index (χ3n) is 10.3. The number of carbonyl (C=O) groups is 6. The Balaban J connectivity index is 1.76. The van der Waals surface area contributed by atoms with Crippen LogP contribution in [-0.4, -0.2) is 118 Å². The Kier molecular flexibility index (Phi) is 25.0. The lowest BCUT2D eigenvalue weighted by atomic mass is 10.0. The number of unbranched alkanes of at least 4 members (excludes halogenated alkanes) is 1. The second-order valence-electron chi connectivity index (χ2n) is 20.6. The Bertz CT molecular complexity index is 2010. The molecule has 3 rings (SSSR count). The maximum atomic E-state index is 13.3. The van der Waals surface area contributed by atoms with Crippen molar-refractivity contribution in [3.63, 3.8) is 0 Å². The van der Waals surface area contributed by atoms with Gasteiger partial charge in [0.25, 0.3) is 0 Å². The van der Waals surface area contributed by atoms with Crippen LogP contribution in [0.1, 0.15) is 124 Å².